The number of hydrazone groups is 1. The summed E-state index contributed by atoms with van der Waals surface area (Å²) in [6.07, 6.45) is 0.986. The first-order valence-corrected chi connectivity index (χ1v) is 8.08. The molecule has 0 aliphatic carbocycles. The van der Waals surface area contributed by atoms with Crippen LogP contribution in [0.1, 0.15) is 28.2 Å². The average molecular weight is 392 g/mol. The van der Waals surface area contributed by atoms with E-state index in [1.165, 1.54) is 24.7 Å². The molecule has 2 amide bonds. The molecule has 2 aromatic heterocycles. The van der Waals surface area contributed by atoms with Gasteiger partial charge in [0.25, 0.3) is 5.91 Å². The maximum Gasteiger partial charge on any atom is 0.471 e. The van der Waals surface area contributed by atoms with Gasteiger partial charge in [0, 0.05) is 30.3 Å². The van der Waals surface area contributed by atoms with Gasteiger partial charge in [-0.2, -0.15) is 18.3 Å². The summed E-state index contributed by atoms with van der Waals surface area (Å²) in [5.74, 6) is -2.46. The van der Waals surface area contributed by atoms with Crippen LogP contribution in [0.25, 0.3) is 6.08 Å². The lowest BCUT2D eigenvalue weighted by Gasteiger charge is -2.08. The molecule has 11 heteroatoms. The molecule has 0 fully saturated rings. The van der Waals surface area contributed by atoms with E-state index in [-0.39, 0.29) is 12.1 Å². The van der Waals surface area contributed by atoms with Gasteiger partial charge in [0.05, 0.1) is 11.8 Å². The fourth-order valence-corrected chi connectivity index (χ4v) is 2.72. The van der Waals surface area contributed by atoms with Gasteiger partial charge in [-0.3, -0.25) is 19.6 Å². The summed E-state index contributed by atoms with van der Waals surface area (Å²) in [6, 6.07) is 0. The second-order valence-corrected chi connectivity index (χ2v) is 6.00. The van der Waals surface area contributed by atoms with Crippen LogP contribution in [0.2, 0.25) is 0 Å². The number of H-pyrrole nitrogens is 1. The highest BCUT2D eigenvalue weighted by molar-refractivity contribution is 6.32. The average Bonchev–Trinajstić information content (AvgIpc) is 3.13. The van der Waals surface area contributed by atoms with E-state index in [9.17, 15) is 22.8 Å². The van der Waals surface area contributed by atoms with Crippen molar-refractivity contribution in [2.45, 2.75) is 26.6 Å². The molecule has 0 saturated carbocycles. The monoisotopic (exact) mass is 392 g/mol. The van der Waals surface area contributed by atoms with Crippen LogP contribution in [0.4, 0.5) is 13.2 Å². The van der Waals surface area contributed by atoms with E-state index in [1.807, 2.05) is 5.32 Å². The summed E-state index contributed by atoms with van der Waals surface area (Å²) in [7, 11) is 0. The Morgan fingerprint density at radius 1 is 1.29 bits per heavy atom. The Balaban J connectivity index is 1.89. The highest BCUT2D eigenvalue weighted by atomic mass is 19.4. The number of aromatic nitrogens is 3. The number of rotatable bonds is 4. The minimum absolute atomic E-state index is 0.232. The van der Waals surface area contributed by atoms with Gasteiger partial charge in [0.15, 0.2) is 0 Å². The van der Waals surface area contributed by atoms with E-state index in [0.717, 1.165) is 0 Å². The van der Waals surface area contributed by atoms with E-state index >= 15 is 0 Å². The molecule has 3 heterocycles. The highest BCUT2D eigenvalue weighted by Crippen LogP contribution is 2.23. The molecule has 28 heavy (non-hydrogen) atoms. The smallest absolute Gasteiger partial charge is 0.359 e. The third kappa shape index (κ3) is 3.77. The Morgan fingerprint density at radius 2 is 2.04 bits per heavy atom. The Bertz CT molecular complexity index is 992. The van der Waals surface area contributed by atoms with Crippen molar-refractivity contribution in [3.05, 3.63) is 52.4 Å². The predicted octanol–water partition coefficient (Wildman–Crippen LogP) is 1.52. The predicted molar refractivity (Wildman–Crippen MR) is 92.9 cm³/mol. The quantitative estimate of drug-likeness (QED) is 0.685. The first kappa shape index (κ1) is 19.3. The maximum absolute atomic E-state index is 12.4. The highest BCUT2D eigenvalue weighted by Gasteiger charge is 2.38. The molecule has 0 radical (unpaired) electrons. The van der Waals surface area contributed by atoms with Crippen molar-refractivity contribution in [2.24, 2.45) is 5.10 Å². The van der Waals surface area contributed by atoms with Gasteiger partial charge in [0.1, 0.15) is 11.4 Å². The number of nitrogens with zero attached hydrogens (tertiary/aromatic N) is 3. The zero-order valence-electron chi connectivity index (χ0n) is 14.8. The summed E-state index contributed by atoms with van der Waals surface area (Å²) in [5, 5.41) is 5.81. The molecular weight excluding hydrogens is 377 g/mol. The third-order valence-electron chi connectivity index (χ3n) is 4.18. The van der Waals surface area contributed by atoms with Crippen molar-refractivity contribution in [3.8, 4) is 0 Å². The zero-order valence-corrected chi connectivity index (χ0v) is 14.8. The van der Waals surface area contributed by atoms with Gasteiger partial charge in [-0.05, 0) is 31.1 Å². The van der Waals surface area contributed by atoms with Gasteiger partial charge >= 0.3 is 12.1 Å². The number of amides is 2. The lowest BCUT2D eigenvalue weighted by atomic mass is 10.0. The van der Waals surface area contributed by atoms with Crippen LogP contribution in [-0.4, -0.2) is 38.7 Å². The molecule has 0 atom stereocenters. The summed E-state index contributed by atoms with van der Waals surface area (Å²) < 4.78 is 37.1. The van der Waals surface area contributed by atoms with Gasteiger partial charge in [-0.15, -0.1) is 0 Å². The summed E-state index contributed by atoms with van der Waals surface area (Å²) in [5.41, 5.74) is 5.47. The van der Waals surface area contributed by atoms with Crippen LogP contribution >= 0.6 is 0 Å². The number of halogens is 3. The van der Waals surface area contributed by atoms with E-state index in [1.54, 1.807) is 13.8 Å². The van der Waals surface area contributed by atoms with Crippen molar-refractivity contribution < 1.29 is 22.8 Å². The molecule has 0 aromatic carbocycles. The first-order valence-electron chi connectivity index (χ1n) is 8.08. The van der Waals surface area contributed by atoms with Crippen molar-refractivity contribution >= 4 is 23.6 Å². The molecule has 0 spiro atoms. The van der Waals surface area contributed by atoms with Crippen LogP contribution in [0.15, 0.2) is 29.3 Å². The lowest BCUT2D eigenvalue weighted by molar-refractivity contribution is -0.173. The molecule has 0 saturated heterocycles. The first-order chi connectivity index (χ1) is 13.2. The van der Waals surface area contributed by atoms with Crippen molar-refractivity contribution in [1.29, 1.82) is 0 Å². The van der Waals surface area contributed by atoms with Gasteiger partial charge < -0.3 is 10.3 Å². The second kappa shape index (κ2) is 7.25. The standard InChI is InChI=1S/C17H15F3N6O2/c1-8-11(6-23-16(28)17(18,19)20)9(2)24-12(8)5-10-14(25-26-15(10)27)13-7-21-3-4-22-13/h3-5,7,24H,6H2,1-2H3,(H,23,28)(H,26,27)/b10-5+. The van der Waals surface area contributed by atoms with E-state index in [0.29, 0.717) is 33.9 Å². The number of carbonyl (C=O) groups is 2. The largest absolute Gasteiger partial charge is 0.471 e. The molecule has 3 N–H and O–H groups in total. The molecule has 2 aromatic rings. The molecule has 146 valence electrons. The number of hydrogen-bond acceptors (Lipinski definition) is 5. The van der Waals surface area contributed by atoms with Crippen molar-refractivity contribution in [3.63, 3.8) is 0 Å². The normalized spacial score (nSPS) is 15.5. The lowest BCUT2D eigenvalue weighted by Crippen LogP contribution is -2.36. The Kier molecular flexibility index (Phi) is 4.99. The molecule has 0 unspecified atom stereocenters. The second-order valence-electron chi connectivity index (χ2n) is 6.00. The number of aryl methyl sites for hydroxylation is 1. The molecule has 8 nitrogen and oxygen atoms in total. The topological polar surface area (TPSA) is 112 Å². The fourth-order valence-electron chi connectivity index (χ4n) is 2.72. The van der Waals surface area contributed by atoms with E-state index < -0.39 is 18.0 Å². The van der Waals surface area contributed by atoms with Crippen molar-refractivity contribution in [1.82, 2.24) is 25.7 Å². The molecule has 3 rings (SSSR count). The zero-order chi connectivity index (χ0) is 20.5. The van der Waals surface area contributed by atoms with Crippen LogP contribution in [0.3, 0.4) is 0 Å². The minimum Gasteiger partial charge on any atom is -0.359 e. The summed E-state index contributed by atoms with van der Waals surface area (Å²) >= 11 is 0. The maximum atomic E-state index is 12.4. The van der Waals surface area contributed by atoms with Crippen molar-refractivity contribution in [2.75, 3.05) is 0 Å². The molecule has 1 aliphatic rings. The summed E-state index contributed by atoms with van der Waals surface area (Å²) in [6.45, 7) is 3.04. The minimum atomic E-state index is -4.95. The van der Waals surface area contributed by atoms with Crippen LogP contribution in [-0.2, 0) is 16.1 Å². The van der Waals surface area contributed by atoms with E-state index in [4.69, 9.17) is 0 Å². The number of nitrogens with one attached hydrogen (secondary N) is 3. The molecular formula is C17H15F3N6O2. The third-order valence-corrected chi connectivity index (χ3v) is 4.18. The van der Waals surface area contributed by atoms with Crippen LogP contribution < -0.4 is 10.7 Å². The van der Waals surface area contributed by atoms with Gasteiger partial charge in [0.2, 0.25) is 0 Å². The number of aromatic amines is 1. The number of alkyl halides is 3. The Hall–Kier alpha value is -3.50. The Labute approximate surface area is 157 Å². The summed E-state index contributed by atoms with van der Waals surface area (Å²) in [4.78, 5) is 34.3. The van der Waals surface area contributed by atoms with E-state index in [2.05, 4.69) is 25.5 Å². The number of hydrogen-bond donors (Lipinski definition) is 3. The Morgan fingerprint density at radius 3 is 2.68 bits per heavy atom. The van der Waals surface area contributed by atoms with Crippen LogP contribution in [0, 0.1) is 13.8 Å². The fraction of sp³-hybridized carbons (Fsp3) is 0.235. The molecule has 1 aliphatic heterocycles. The SMILES string of the molecule is Cc1[nH]c(/C=C2/C(=O)NN=C2c2cnccn2)c(C)c1CNC(=O)C(F)(F)F. The number of carbonyl (C=O) groups excluding carboxylic acids is 2. The van der Waals surface area contributed by atoms with Gasteiger partial charge in [-0.25, -0.2) is 5.43 Å². The van der Waals surface area contributed by atoms with Gasteiger partial charge in [-0.1, -0.05) is 0 Å². The molecule has 0 bridgehead atoms. The van der Waals surface area contributed by atoms with Crippen LogP contribution in [0.5, 0.6) is 0 Å².